The molecule has 6 rings (SSSR count). The van der Waals surface area contributed by atoms with Gasteiger partial charge in [0.15, 0.2) is 0 Å². The van der Waals surface area contributed by atoms with E-state index in [2.05, 4.69) is 26.0 Å². The van der Waals surface area contributed by atoms with E-state index in [1.807, 2.05) is 6.92 Å². The molecule has 0 unspecified atom stereocenters. The summed E-state index contributed by atoms with van der Waals surface area (Å²) in [7, 11) is 0. The van der Waals surface area contributed by atoms with Crippen LogP contribution in [0.15, 0.2) is 18.3 Å². The number of pyridine rings is 1. The van der Waals surface area contributed by atoms with Crippen molar-refractivity contribution in [3.63, 3.8) is 0 Å². The Labute approximate surface area is 219 Å². The minimum absolute atomic E-state index is 0.0667. The summed E-state index contributed by atoms with van der Waals surface area (Å²) in [4.78, 5) is 44.3. The van der Waals surface area contributed by atoms with Gasteiger partial charge in [0.05, 0.1) is 11.1 Å². The number of anilines is 2. The van der Waals surface area contributed by atoms with E-state index in [9.17, 15) is 14.4 Å². The fourth-order valence-corrected chi connectivity index (χ4v) is 6.48. The number of halogens is 1. The molecule has 10 nitrogen and oxygen atoms in total. The van der Waals surface area contributed by atoms with Gasteiger partial charge in [-0.1, -0.05) is 11.6 Å². The zero-order valence-electron chi connectivity index (χ0n) is 20.8. The highest BCUT2D eigenvalue weighted by Crippen LogP contribution is 2.51. The predicted octanol–water partition coefficient (Wildman–Crippen LogP) is 3.13. The number of nitrogens with one attached hydrogen (secondary N) is 3. The molecule has 2 aliphatic carbocycles. The predicted molar refractivity (Wildman–Crippen MR) is 136 cm³/mol. The Kier molecular flexibility index (Phi) is 6.19. The second-order valence-electron chi connectivity index (χ2n) is 10.6. The largest absolute Gasteiger partial charge is 0.381 e. The first-order valence-corrected chi connectivity index (χ1v) is 13.5. The van der Waals surface area contributed by atoms with Crippen LogP contribution in [0, 0.1) is 17.8 Å². The first-order valence-electron chi connectivity index (χ1n) is 13.1. The third kappa shape index (κ3) is 4.40. The van der Waals surface area contributed by atoms with Crippen molar-refractivity contribution in [2.75, 3.05) is 23.8 Å². The summed E-state index contributed by atoms with van der Waals surface area (Å²) in [6.45, 7) is 3.42. The molecule has 0 bridgehead atoms. The van der Waals surface area contributed by atoms with Crippen LogP contribution in [0.4, 0.5) is 11.5 Å². The molecule has 4 heterocycles. The van der Waals surface area contributed by atoms with E-state index in [0.717, 1.165) is 25.7 Å². The van der Waals surface area contributed by atoms with Gasteiger partial charge in [0.25, 0.3) is 5.91 Å². The molecule has 0 aromatic carbocycles. The molecule has 0 radical (unpaired) electrons. The highest BCUT2D eigenvalue weighted by atomic mass is 35.5. The quantitative estimate of drug-likeness (QED) is 0.453. The number of aromatic nitrogens is 3. The summed E-state index contributed by atoms with van der Waals surface area (Å²) in [5, 5.41) is 13.2. The number of fused-ring (bicyclic) bond motifs is 2. The fraction of sp³-hybridized carbons (Fsp3) is 0.577. The Morgan fingerprint density at radius 2 is 1.95 bits per heavy atom. The van der Waals surface area contributed by atoms with Crippen molar-refractivity contribution in [1.29, 1.82) is 0 Å². The minimum Gasteiger partial charge on any atom is -0.381 e. The van der Waals surface area contributed by atoms with Gasteiger partial charge in [0, 0.05) is 37.6 Å². The van der Waals surface area contributed by atoms with Crippen molar-refractivity contribution in [2.24, 2.45) is 17.8 Å². The minimum atomic E-state index is -0.748. The number of nitrogens with zero attached hydrogens (tertiary/aromatic N) is 3. The van der Waals surface area contributed by atoms with Gasteiger partial charge in [-0.15, -0.1) is 0 Å². The standard InChI is InChI=1S/C26H31ClN6O4/c1-2-33-17(7-10-28-33)23(34)32-21(19(14-3-4-14)15-5-6-15)24(35)31-18-13-16-20(22(27)30-18)26(25(36)29-16)8-11-37-12-9-26/h7,10,13-15,19,21H,2-6,8-9,11-12H2,1H3,(H,29,36)(H,32,34)(H,30,31,35)/t21-/m0/s1. The molecule has 11 heteroatoms. The number of amides is 3. The maximum Gasteiger partial charge on any atom is 0.270 e. The van der Waals surface area contributed by atoms with Crippen molar-refractivity contribution in [1.82, 2.24) is 20.1 Å². The van der Waals surface area contributed by atoms with Crippen molar-refractivity contribution in [3.05, 3.63) is 34.7 Å². The van der Waals surface area contributed by atoms with Gasteiger partial charge in [-0.3, -0.25) is 19.1 Å². The first-order chi connectivity index (χ1) is 17.9. The Morgan fingerprint density at radius 3 is 2.59 bits per heavy atom. The maximum atomic E-state index is 13.7. The molecule has 3 fully saturated rings. The van der Waals surface area contributed by atoms with Gasteiger partial charge in [-0.25, -0.2) is 4.98 Å². The second-order valence-corrected chi connectivity index (χ2v) is 11.0. The summed E-state index contributed by atoms with van der Waals surface area (Å²) in [5.74, 6) is 0.400. The summed E-state index contributed by atoms with van der Waals surface area (Å²) < 4.78 is 7.08. The van der Waals surface area contributed by atoms with Gasteiger partial charge in [0.1, 0.15) is 22.7 Å². The van der Waals surface area contributed by atoms with E-state index in [1.54, 1.807) is 23.0 Å². The molecule has 3 N–H and O–H groups in total. The van der Waals surface area contributed by atoms with Crippen LogP contribution < -0.4 is 16.0 Å². The Bertz CT molecular complexity index is 1240. The Morgan fingerprint density at radius 1 is 1.24 bits per heavy atom. The molecular formula is C26H31ClN6O4. The van der Waals surface area contributed by atoms with Gasteiger partial charge in [0.2, 0.25) is 11.8 Å². The highest BCUT2D eigenvalue weighted by molar-refractivity contribution is 6.32. The molecule has 2 aliphatic heterocycles. The lowest BCUT2D eigenvalue weighted by Gasteiger charge is -2.31. The van der Waals surface area contributed by atoms with E-state index in [4.69, 9.17) is 16.3 Å². The van der Waals surface area contributed by atoms with Gasteiger partial charge in [-0.05, 0) is 69.3 Å². The Hall–Kier alpha value is -2.98. The molecule has 3 amide bonds. The summed E-state index contributed by atoms with van der Waals surface area (Å²) >= 11 is 6.62. The molecule has 1 spiro atoms. The van der Waals surface area contributed by atoms with Crippen molar-refractivity contribution in [3.8, 4) is 0 Å². The Balaban J connectivity index is 1.27. The highest BCUT2D eigenvalue weighted by Gasteiger charge is 2.51. The van der Waals surface area contributed by atoms with Crippen LogP contribution in [-0.4, -0.2) is 51.7 Å². The van der Waals surface area contributed by atoms with Crippen LogP contribution in [0.3, 0.4) is 0 Å². The number of hydrogen-bond donors (Lipinski definition) is 3. The molecule has 196 valence electrons. The van der Waals surface area contributed by atoms with E-state index in [0.29, 0.717) is 61.4 Å². The van der Waals surface area contributed by atoms with Crippen LogP contribution in [0.1, 0.15) is 61.5 Å². The van der Waals surface area contributed by atoms with Gasteiger partial charge < -0.3 is 20.7 Å². The average molecular weight is 527 g/mol. The van der Waals surface area contributed by atoms with Crippen LogP contribution in [0.25, 0.3) is 0 Å². The van der Waals surface area contributed by atoms with Crippen molar-refractivity contribution >= 4 is 40.8 Å². The molecule has 2 saturated carbocycles. The van der Waals surface area contributed by atoms with Crippen LogP contribution >= 0.6 is 11.6 Å². The zero-order chi connectivity index (χ0) is 25.7. The van der Waals surface area contributed by atoms with Crippen LogP contribution in [0.5, 0.6) is 0 Å². The number of carbonyl (C=O) groups is 3. The molecule has 37 heavy (non-hydrogen) atoms. The summed E-state index contributed by atoms with van der Waals surface area (Å²) in [6, 6.07) is 2.61. The third-order valence-corrected chi connectivity index (χ3v) is 8.54. The first kappa shape index (κ1) is 24.4. The topological polar surface area (TPSA) is 127 Å². The number of ether oxygens (including phenoxy) is 1. The van der Waals surface area contributed by atoms with E-state index in [-0.39, 0.29) is 34.6 Å². The smallest absolute Gasteiger partial charge is 0.270 e. The van der Waals surface area contributed by atoms with Gasteiger partial charge >= 0.3 is 0 Å². The molecular weight excluding hydrogens is 496 g/mol. The SMILES string of the molecule is CCn1nccc1C(=O)N[C@H](C(=O)Nc1cc2c(c(Cl)n1)C1(CCOCC1)C(=O)N2)C(C1CC1)C1CC1. The van der Waals surface area contributed by atoms with E-state index in [1.165, 1.54) is 0 Å². The molecule has 1 saturated heterocycles. The second kappa shape index (κ2) is 9.40. The summed E-state index contributed by atoms with van der Waals surface area (Å²) in [5.41, 5.74) is 0.915. The monoisotopic (exact) mass is 526 g/mol. The van der Waals surface area contributed by atoms with Gasteiger partial charge in [-0.2, -0.15) is 5.10 Å². The molecule has 2 aromatic rings. The maximum absolute atomic E-state index is 13.7. The number of aryl methyl sites for hydroxylation is 1. The lowest BCUT2D eigenvalue weighted by atomic mass is 9.76. The lowest BCUT2D eigenvalue weighted by Crippen LogP contribution is -2.50. The van der Waals surface area contributed by atoms with Crippen molar-refractivity contribution < 1.29 is 19.1 Å². The average Bonchev–Trinajstić information content (AvgIpc) is 3.82. The lowest BCUT2D eigenvalue weighted by molar-refractivity contribution is -0.124. The zero-order valence-corrected chi connectivity index (χ0v) is 21.5. The number of rotatable bonds is 8. The van der Waals surface area contributed by atoms with E-state index >= 15 is 0 Å². The normalized spacial score (nSPS) is 21.0. The molecule has 4 aliphatic rings. The third-order valence-electron chi connectivity index (χ3n) is 8.27. The molecule has 2 aromatic heterocycles. The molecule has 1 atom stereocenters. The van der Waals surface area contributed by atoms with Crippen LogP contribution in [0.2, 0.25) is 5.15 Å². The van der Waals surface area contributed by atoms with E-state index < -0.39 is 11.5 Å². The number of carbonyl (C=O) groups excluding carboxylic acids is 3. The number of hydrogen-bond acceptors (Lipinski definition) is 6. The fourth-order valence-electron chi connectivity index (χ4n) is 6.11. The van der Waals surface area contributed by atoms with Crippen LogP contribution in [-0.2, 0) is 26.3 Å². The van der Waals surface area contributed by atoms with Crippen molar-refractivity contribution in [2.45, 2.75) is 63.5 Å². The summed E-state index contributed by atoms with van der Waals surface area (Å²) in [6.07, 6.45) is 6.91.